The summed E-state index contributed by atoms with van der Waals surface area (Å²) in [6, 6.07) is 1.78. The van der Waals surface area contributed by atoms with Crippen LogP contribution in [0, 0.1) is 5.92 Å². The van der Waals surface area contributed by atoms with Crippen LogP contribution in [0.3, 0.4) is 0 Å². The largest absolute Gasteiger partial charge is 0.315 e. The molecule has 0 aromatic heterocycles. The average Bonchev–Trinajstić information content (AvgIpc) is 2.97. The molecule has 1 N–H and O–H groups in total. The van der Waals surface area contributed by atoms with E-state index in [-0.39, 0.29) is 0 Å². The minimum Gasteiger partial charge on any atom is -0.315 e. The maximum Gasteiger partial charge on any atom is 0.0263 e. The van der Waals surface area contributed by atoms with Gasteiger partial charge in [-0.15, -0.1) is 0 Å². The minimum absolute atomic E-state index is 0.842. The van der Waals surface area contributed by atoms with Crippen LogP contribution < -0.4 is 5.32 Å². The highest BCUT2D eigenvalue weighted by molar-refractivity contribution is 4.95. The van der Waals surface area contributed by atoms with E-state index in [0.717, 1.165) is 18.0 Å². The minimum atomic E-state index is 0.842. The van der Waals surface area contributed by atoms with Gasteiger partial charge in [-0.3, -0.25) is 4.90 Å². The molecule has 2 rings (SSSR count). The lowest BCUT2D eigenvalue weighted by atomic mass is 9.99. The molecule has 2 heteroatoms. The molecule has 0 bridgehead atoms. The Kier molecular flexibility index (Phi) is 4.04. The number of unbranched alkanes of at least 4 members (excludes halogenated alkanes) is 1. The summed E-state index contributed by atoms with van der Waals surface area (Å²) in [6.07, 6.45) is 6.96. The first-order valence-corrected chi connectivity index (χ1v) is 6.83. The van der Waals surface area contributed by atoms with E-state index in [1.54, 1.807) is 0 Å². The van der Waals surface area contributed by atoms with Crippen LogP contribution in [0.5, 0.6) is 0 Å². The fraction of sp³-hybridized carbons (Fsp3) is 1.00. The van der Waals surface area contributed by atoms with Gasteiger partial charge in [-0.05, 0) is 38.3 Å². The van der Waals surface area contributed by atoms with Crippen molar-refractivity contribution in [1.82, 2.24) is 10.2 Å². The number of nitrogens with zero attached hydrogens (tertiary/aromatic N) is 1. The molecule has 2 fully saturated rings. The molecule has 2 unspecified atom stereocenters. The summed E-state index contributed by atoms with van der Waals surface area (Å²) in [5.41, 5.74) is 0. The van der Waals surface area contributed by atoms with Crippen molar-refractivity contribution in [3.63, 3.8) is 0 Å². The lowest BCUT2D eigenvalue weighted by Gasteiger charge is -2.32. The van der Waals surface area contributed by atoms with Crippen LogP contribution in [0.4, 0.5) is 0 Å². The van der Waals surface area contributed by atoms with Gasteiger partial charge < -0.3 is 5.32 Å². The zero-order chi connectivity index (χ0) is 10.7. The molecule has 2 atom stereocenters. The second-order valence-electron chi connectivity index (χ2n) is 5.22. The second-order valence-corrected chi connectivity index (χ2v) is 5.22. The third-order valence-electron chi connectivity index (χ3n) is 4.04. The Labute approximate surface area is 94.4 Å². The van der Waals surface area contributed by atoms with E-state index in [2.05, 4.69) is 24.1 Å². The van der Waals surface area contributed by atoms with Crippen molar-refractivity contribution in [2.75, 3.05) is 19.6 Å². The molecule has 0 aromatic carbocycles. The van der Waals surface area contributed by atoms with Crippen molar-refractivity contribution in [2.45, 2.75) is 58.0 Å². The van der Waals surface area contributed by atoms with Crippen molar-refractivity contribution in [3.8, 4) is 0 Å². The Bertz CT molecular complexity index is 189. The highest BCUT2D eigenvalue weighted by atomic mass is 15.2. The van der Waals surface area contributed by atoms with Gasteiger partial charge in [0.15, 0.2) is 0 Å². The Hall–Kier alpha value is -0.0800. The van der Waals surface area contributed by atoms with E-state index < -0.39 is 0 Å². The van der Waals surface area contributed by atoms with Gasteiger partial charge in [0.25, 0.3) is 0 Å². The fourth-order valence-corrected chi connectivity index (χ4v) is 2.89. The fourth-order valence-electron chi connectivity index (χ4n) is 2.89. The van der Waals surface area contributed by atoms with Gasteiger partial charge in [0.2, 0.25) is 0 Å². The molecule has 1 aliphatic carbocycles. The third-order valence-corrected chi connectivity index (χ3v) is 4.04. The lowest BCUT2D eigenvalue weighted by Crippen LogP contribution is -2.42. The maximum atomic E-state index is 3.57. The zero-order valence-electron chi connectivity index (χ0n) is 10.3. The van der Waals surface area contributed by atoms with E-state index in [9.17, 15) is 0 Å². The van der Waals surface area contributed by atoms with Gasteiger partial charge in [0, 0.05) is 18.6 Å². The van der Waals surface area contributed by atoms with Crippen LogP contribution in [-0.2, 0) is 0 Å². The molecule has 88 valence electrons. The van der Waals surface area contributed by atoms with Crippen LogP contribution in [0.1, 0.15) is 46.0 Å². The summed E-state index contributed by atoms with van der Waals surface area (Å²) >= 11 is 0. The predicted molar refractivity (Wildman–Crippen MR) is 65.1 cm³/mol. The smallest absolute Gasteiger partial charge is 0.0263 e. The van der Waals surface area contributed by atoms with Gasteiger partial charge in [0.1, 0.15) is 0 Å². The number of hydrogen-bond acceptors (Lipinski definition) is 2. The van der Waals surface area contributed by atoms with Crippen LogP contribution in [0.2, 0.25) is 0 Å². The maximum absolute atomic E-state index is 3.57. The summed E-state index contributed by atoms with van der Waals surface area (Å²) in [4.78, 5) is 2.82. The topological polar surface area (TPSA) is 15.3 Å². The summed E-state index contributed by atoms with van der Waals surface area (Å²) < 4.78 is 0. The summed E-state index contributed by atoms with van der Waals surface area (Å²) in [7, 11) is 0. The SMILES string of the molecule is CCCCN(C1CC1)C1CNCC1CC. The molecule has 0 aromatic rings. The number of hydrogen-bond donors (Lipinski definition) is 1. The normalized spacial score (nSPS) is 31.4. The Balaban J connectivity index is 1.90. The van der Waals surface area contributed by atoms with E-state index in [1.807, 2.05) is 0 Å². The van der Waals surface area contributed by atoms with Crippen molar-refractivity contribution >= 4 is 0 Å². The first-order chi connectivity index (χ1) is 7.36. The van der Waals surface area contributed by atoms with Gasteiger partial charge in [-0.25, -0.2) is 0 Å². The van der Waals surface area contributed by atoms with Crippen LogP contribution in [0.15, 0.2) is 0 Å². The van der Waals surface area contributed by atoms with Crippen LogP contribution in [0.25, 0.3) is 0 Å². The van der Waals surface area contributed by atoms with Gasteiger partial charge in [-0.2, -0.15) is 0 Å². The van der Waals surface area contributed by atoms with Crippen molar-refractivity contribution < 1.29 is 0 Å². The Morgan fingerprint density at radius 1 is 1.20 bits per heavy atom. The summed E-state index contributed by atoms with van der Waals surface area (Å²) in [6.45, 7) is 8.46. The highest BCUT2D eigenvalue weighted by Crippen LogP contribution is 2.32. The molecule has 1 aliphatic heterocycles. The third kappa shape index (κ3) is 2.73. The Morgan fingerprint density at radius 2 is 2.00 bits per heavy atom. The van der Waals surface area contributed by atoms with Gasteiger partial charge in [-0.1, -0.05) is 26.7 Å². The summed E-state index contributed by atoms with van der Waals surface area (Å²) in [5.74, 6) is 0.905. The molecule has 0 radical (unpaired) electrons. The molecule has 1 saturated heterocycles. The molecular weight excluding hydrogens is 184 g/mol. The zero-order valence-corrected chi connectivity index (χ0v) is 10.3. The van der Waals surface area contributed by atoms with E-state index in [1.165, 1.54) is 51.7 Å². The van der Waals surface area contributed by atoms with E-state index in [0.29, 0.717) is 0 Å². The molecule has 2 nitrogen and oxygen atoms in total. The van der Waals surface area contributed by atoms with Crippen molar-refractivity contribution in [3.05, 3.63) is 0 Å². The molecule has 0 spiro atoms. The summed E-state index contributed by atoms with van der Waals surface area (Å²) in [5, 5.41) is 3.57. The molecule has 2 aliphatic rings. The first-order valence-electron chi connectivity index (χ1n) is 6.83. The van der Waals surface area contributed by atoms with E-state index in [4.69, 9.17) is 0 Å². The molecule has 1 heterocycles. The quantitative estimate of drug-likeness (QED) is 0.723. The predicted octanol–water partition coefficient (Wildman–Crippen LogP) is 2.25. The standard InChI is InChI=1S/C13H26N2/c1-3-5-8-15(12-6-7-12)13-10-14-9-11(13)4-2/h11-14H,3-10H2,1-2H3. The number of nitrogens with one attached hydrogen (secondary N) is 1. The lowest BCUT2D eigenvalue weighted by molar-refractivity contribution is 0.157. The monoisotopic (exact) mass is 210 g/mol. The highest BCUT2D eigenvalue weighted by Gasteiger charge is 2.38. The van der Waals surface area contributed by atoms with Crippen LogP contribution >= 0.6 is 0 Å². The number of rotatable bonds is 6. The van der Waals surface area contributed by atoms with Crippen molar-refractivity contribution in [1.29, 1.82) is 0 Å². The first kappa shape index (κ1) is 11.4. The Morgan fingerprint density at radius 3 is 2.60 bits per heavy atom. The molecular formula is C13H26N2. The molecule has 1 saturated carbocycles. The molecule has 0 amide bonds. The molecule has 15 heavy (non-hydrogen) atoms. The second kappa shape index (κ2) is 5.31. The van der Waals surface area contributed by atoms with Crippen molar-refractivity contribution in [2.24, 2.45) is 5.92 Å². The van der Waals surface area contributed by atoms with Gasteiger partial charge in [0.05, 0.1) is 0 Å². The average molecular weight is 210 g/mol. The van der Waals surface area contributed by atoms with Crippen LogP contribution in [-0.4, -0.2) is 36.6 Å². The van der Waals surface area contributed by atoms with E-state index >= 15 is 0 Å². The van der Waals surface area contributed by atoms with Gasteiger partial charge >= 0.3 is 0 Å².